The van der Waals surface area contributed by atoms with Gasteiger partial charge in [0.1, 0.15) is 5.54 Å². The van der Waals surface area contributed by atoms with E-state index >= 15 is 0 Å². The number of amidine groups is 1. The van der Waals surface area contributed by atoms with Crippen molar-refractivity contribution in [2.45, 2.75) is 45.4 Å². The molecule has 0 saturated carbocycles. The Hall–Kier alpha value is -0.283. The van der Waals surface area contributed by atoms with Crippen LogP contribution in [-0.4, -0.2) is 25.6 Å². The van der Waals surface area contributed by atoms with Crippen LogP contribution in [0.2, 0.25) is 19.6 Å². The Morgan fingerprint density at radius 1 is 1.47 bits per heavy atom. The molecular weight excluding hydrogens is 275 g/mol. The second kappa shape index (κ2) is 6.94. The molecule has 19 heavy (non-hydrogen) atoms. The average Bonchev–Trinajstić information content (AvgIpc) is 2.21. The maximum Gasteiger partial charge on any atom is 1.00 e. The van der Waals surface area contributed by atoms with Gasteiger partial charge in [-0.3, -0.25) is 5.41 Å². The topological polar surface area (TPSA) is 102 Å². The van der Waals surface area contributed by atoms with E-state index in [1.165, 1.54) is 0 Å². The molecule has 1 rings (SSSR count). The van der Waals surface area contributed by atoms with E-state index in [0.29, 0.717) is 12.3 Å². The molecule has 1 heterocycles. The number of rotatable bonds is 3. The van der Waals surface area contributed by atoms with Crippen LogP contribution >= 0.6 is 0 Å². The van der Waals surface area contributed by atoms with Crippen molar-refractivity contribution in [2.24, 2.45) is 21.3 Å². The van der Waals surface area contributed by atoms with Gasteiger partial charge >= 0.3 is 29.6 Å². The summed E-state index contributed by atoms with van der Waals surface area (Å²) in [7, 11) is -1.74. The number of nitrogens with one attached hydrogen (secondary N) is 1. The molecule has 0 saturated heterocycles. The van der Waals surface area contributed by atoms with E-state index < -0.39 is 13.9 Å². The van der Waals surface area contributed by atoms with Crippen LogP contribution in [0.25, 0.3) is 0 Å². The molecule has 0 spiro atoms. The minimum absolute atomic E-state index is 0. The zero-order valence-corrected chi connectivity index (χ0v) is 15.4. The second-order valence-corrected chi connectivity index (χ2v) is 10.1. The minimum atomic E-state index is -1.74. The predicted octanol–water partition coefficient (Wildman–Crippen LogP) is -1.32. The first-order valence-corrected chi connectivity index (χ1v) is 9.16. The molecule has 7 nitrogen and oxygen atoms in total. The fourth-order valence-corrected chi connectivity index (χ4v) is 2.63. The zero-order valence-electron chi connectivity index (χ0n) is 12.4. The molecule has 0 aromatic rings. The van der Waals surface area contributed by atoms with Crippen LogP contribution in [0, 0.1) is 11.3 Å². The molecular formula is C10H19N4NaO3Si. The SMILES string of the molecule is CC1CC(C)(N=NO[O-])C(=N)N=C1O[Si](C)(C)C.[Na+]. The molecule has 0 aromatic heterocycles. The van der Waals surface area contributed by atoms with Crippen LogP contribution in [0.3, 0.4) is 0 Å². The van der Waals surface area contributed by atoms with Crippen molar-refractivity contribution in [1.29, 1.82) is 5.41 Å². The van der Waals surface area contributed by atoms with Crippen LogP contribution in [0.15, 0.2) is 15.4 Å². The molecule has 0 aliphatic carbocycles. The van der Waals surface area contributed by atoms with Crippen molar-refractivity contribution in [3.8, 4) is 0 Å². The Balaban J connectivity index is 0.00000324. The number of hydrogen-bond acceptors (Lipinski definition) is 6. The summed E-state index contributed by atoms with van der Waals surface area (Å²) in [4.78, 5) is 7.50. The Bertz CT molecular complexity index is 397. The first-order chi connectivity index (χ1) is 8.18. The second-order valence-electron chi connectivity index (χ2n) is 5.65. The number of hydrogen-bond donors (Lipinski definition) is 1. The molecule has 9 heteroatoms. The summed E-state index contributed by atoms with van der Waals surface area (Å²) < 4.78 is 5.84. The van der Waals surface area contributed by atoms with Crippen LogP contribution < -0.4 is 34.8 Å². The quantitative estimate of drug-likeness (QED) is 0.302. The first kappa shape index (κ1) is 18.7. The van der Waals surface area contributed by atoms with Gasteiger partial charge in [-0.05, 0) is 33.0 Å². The summed E-state index contributed by atoms with van der Waals surface area (Å²) in [6, 6.07) is 0. The van der Waals surface area contributed by atoms with Crippen molar-refractivity contribution >= 4 is 20.1 Å². The van der Waals surface area contributed by atoms with Crippen molar-refractivity contribution < 1.29 is 44.2 Å². The molecule has 2 unspecified atom stereocenters. The van der Waals surface area contributed by atoms with E-state index in [1.807, 2.05) is 6.92 Å². The van der Waals surface area contributed by atoms with Crippen LogP contribution in [0.1, 0.15) is 20.3 Å². The maximum absolute atomic E-state index is 9.87. The van der Waals surface area contributed by atoms with Crippen molar-refractivity contribution in [1.82, 2.24) is 0 Å². The van der Waals surface area contributed by atoms with Crippen LogP contribution in [0.5, 0.6) is 0 Å². The van der Waals surface area contributed by atoms with Gasteiger partial charge in [-0.15, -0.1) is 5.11 Å². The fraction of sp³-hybridized carbons (Fsp3) is 0.800. The molecule has 0 bridgehead atoms. The number of nitrogens with zero attached hydrogens (tertiary/aromatic N) is 3. The molecule has 1 aliphatic rings. The van der Waals surface area contributed by atoms with Crippen molar-refractivity contribution in [2.75, 3.05) is 0 Å². The molecule has 0 radical (unpaired) electrons. The van der Waals surface area contributed by atoms with E-state index in [-0.39, 0.29) is 41.3 Å². The summed E-state index contributed by atoms with van der Waals surface area (Å²) >= 11 is 0. The third kappa shape index (κ3) is 5.31. The number of aliphatic imine (C=N–C) groups is 1. The van der Waals surface area contributed by atoms with E-state index in [1.54, 1.807) is 6.92 Å². The van der Waals surface area contributed by atoms with Gasteiger partial charge in [0.15, 0.2) is 11.7 Å². The predicted molar refractivity (Wildman–Crippen MR) is 67.7 cm³/mol. The Morgan fingerprint density at radius 2 is 2.05 bits per heavy atom. The van der Waals surface area contributed by atoms with Gasteiger partial charge in [0.25, 0.3) is 0 Å². The summed E-state index contributed by atoms with van der Waals surface area (Å²) in [6.07, 6.45) is 0.516. The fourth-order valence-electron chi connectivity index (χ4n) is 1.75. The molecule has 2 atom stereocenters. The Morgan fingerprint density at radius 3 is 2.53 bits per heavy atom. The normalized spacial score (nSPS) is 27.8. The third-order valence-corrected chi connectivity index (χ3v) is 3.38. The standard InChI is InChI=1S/C10H20N4O3Si.Na/c1-7-6-10(2,13-14-17-15)9(11)12-8(7)16-18(3,4)5;/h7,11,15H,6H2,1-5H3;/q;+1/p-1. The average molecular weight is 294 g/mol. The minimum Gasteiger partial charge on any atom is -0.636 e. The van der Waals surface area contributed by atoms with E-state index in [2.05, 4.69) is 40.0 Å². The Labute approximate surface area is 136 Å². The summed E-state index contributed by atoms with van der Waals surface area (Å²) in [5.74, 6) is 0.644. The van der Waals surface area contributed by atoms with Gasteiger partial charge in [-0.2, -0.15) is 0 Å². The molecule has 0 amide bonds. The van der Waals surface area contributed by atoms with Crippen molar-refractivity contribution in [3.63, 3.8) is 0 Å². The molecule has 1 aliphatic heterocycles. The van der Waals surface area contributed by atoms with E-state index in [0.717, 1.165) is 0 Å². The van der Waals surface area contributed by atoms with Gasteiger partial charge in [0.05, 0.1) is 0 Å². The summed E-state index contributed by atoms with van der Waals surface area (Å²) in [6.45, 7) is 9.83. The van der Waals surface area contributed by atoms with Crippen LogP contribution in [0.4, 0.5) is 0 Å². The third-order valence-electron chi connectivity index (χ3n) is 2.56. The van der Waals surface area contributed by atoms with Gasteiger partial charge in [-0.1, -0.05) is 6.92 Å². The molecule has 0 aromatic carbocycles. The van der Waals surface area contributed by atoms with Gasteiger partial charge in [0.2, 0.25) is 8.32 Å². The monoisotopic (exact) mass is 294 g/mol. The molecule has 0 fully saturated rings. The Kier molecular flexibility index (Phi) is 6.83. The first-order valence-electron chi connectivity index (χ1n) is 5.76. The van der Waals surface area contributed by atoms with E-state index in [9.17, 15) is 5.26 Å². The summed E-state index contributed by atoms with van der Waals surface area (Å²) in [5.41, 5.74) is -0.921. The molecule has 102 valence electrons. The van der Waals surface area contributed by atoms with Gasteiger partial charge < -0.3 is 14.7 Å². The molecule has 1 N–H and O–H groups in total. The van der Waals surface area contributed by atoms with Gasteiger partial charge in [-0.25, -0.2) is 4.99 Å². The van der Waals surface area contributed by atoms with Crippen molar-refractivity contribution in [3.05, 3.63) is 0 Å². The van der Waals surface area contributed by atoms with Gasteiger partial charge in [0, 0.05) is 11.2 Å². The summed E-state index contributed by atoms with van der Waals surface area (Å²) in [5, 5.41) is 24.4. The largest absolute Gasteiger partial charge is 1.00 e. The van der Waals surface area contributed by atoms with E-state index in [4.69, 9.17) is 9.84 Å². The zero-order chi connectivity index (χ0) is 14.0. The maximum atomic E-state index is 9.87. The van der Waals surface area contributed by atoms with Crippen LogP contribution in [-0.2, 0) is 9.41 Å². The smallest absolute Gasteiger partial charge is 0.636 e.